The molecule has 5 aromatic rings. The molecule has 28 nitrogen and oxygen atoms in total. The standard InChI is InChI=1S/C11H17N2O2.2C11H17N2.C7H5ClO3.C4H7Br.C3H4N2.3C2F6NO4S2/c1(10-7-14-10)3-12-5-6-13(9-12)4-2-11-8-15-11;2*1-3-5-7-12-9-10-13(11-12)8-6-4-2;8-6-3-1-2-5(4-6)7(9)11-10;1-2-3-4-5;1-2-5-3-4-1;3*3-1(4,5)14(10,11)9-15(12,13)2(6,7)8/h5-6,9-11H,1-4,7-8H2;2*3-4,9-11H,1-2,5-8H2;1-4,10H;2H,1,3-4H2;1-3H,(H,4,5);;;/q3*+1;;;;3*-1. The van der Waals surface area contributed by atoms with Crippen LogP contribution in [0.2, 0.25) is 5.02 Å². The van der Waals surface area contributed by atoms with E-state index in [1.54, 1.807) is 30.9 Å². The number of allylic oxidation sites excluding steroid dienone is 5. The number of rotatable bonds is 27. The summed E-state index contributed by atoms with van der Waals surface area (Å²) in [7, 11) is -40.3. The molecule has 54 heteroatoms. The summed E-state index contributed by atoms with van der Waals surface area (Å²) in [5.74, 6) is -0.813. The van der Waals surface area contributed by atoms with Gasteiger partial charge in [-0.3, -0.25) is 4.89 Å². The summed E-state index contributed by atoms with van der Waals surface area (Å²) in [5.41, 5.74) is -37.0. The Balaban J connectivity index is 0. The number of aromatic amines is 1. The number of nitrogens with zero attached hydrogens (tertiary/aromatic N) is 10. The van der Waals surface area contributed by atoms with Crippen molar-refractivity contribution in [3.8, 4) is 0 Å². The van der Waals surface area contributed by atoms with Gasteiger partial charge in [0.25, 0.3) is 0 Å². The summed E-state index contributed by atoms with van der Waals surface area (Å²) >= 11 is 8.79. The van der Waals surface area contributed by atoms with E-state index in [-0.39, 0.29) is 5.56 Å². The Labute approximate surface area is 615 Å². The van der Waals surface area contributed by atoms with Crippen LogP contribution in [0, 0.1) is 0 Å². The van der Waals surface area contributed by atoms with E-state index in [0.717, 1.165) is 115 Å². The monoisotopic (exact) mass is 1780 g/mol. The predicted molar refractivity (Wildman–Crippen MR) is 348 cm³/mol. The lowest BCUT2D eigenvalue weighted by Crippen LogP contribution is -2.31. The molecule has 2 saturated heterocycles. The average Bonchev–Trinajstić information content (AvgIpc) is 1.80. The zero-order valence-corrected chi connectivity index (χ0v) is 61.8. The minimum atomic E-state index is -6.72. The SMILES string of the molecule is C=CCCBr.C=CCCn1cc[n+](CCC=C)c1.C=CCCn1cc[n+](CCC=C)c1.O=C(OO)c1cccc(Cl)c1.O=S(=O)([N-]S(=O)(=O)C(F)(F)F)C(F)(F)F.O=S(=O)([N-]S(=O)(=O)C(F)(F)F)C(F)(F)F.O=S(=O)([N-]S(=O)(=O)C(F)(F)F)C(F)(F)F.c1c[n+](CCC2CO2)cn1CCC1CO1.c1c[nH]cn1. The summed E-state index contributed by atoms with van der Waals surface area (Å²) in [6.45, 7) is 26.4. The quantitative estimate of drug-likeness (QED) is 0.00938. The number of alkyl halides is 19. The molecule has 2 fully saturated rings. The van der Waals surface area contributed by atoms with Gasteiger partial charge in [-0.05, 0) is 24.6 Å². The van der Waals surface area contributed by atoms with Crippen LogP contribution in [-0.2, 0) is 114 Å². The molecule has 0 aliphatic carbocycles. The number of aryl methyl sites for hydroxylation is 6. The topological polar surface area (TPSA) is 374 Å². The number of epoxide rings is 2. The van der Waals surface area contributed by atoms with Crippen LogP contribution in [-0.4, -0.2) is 149 Å². The van der Waals surface area contributed by atoms with Gasteiger partial charge in [-0.2, -0.15) is 84.3 Å². The van der Waals surface area contributed by atoms with E-state index in [1.165, 1.54) is 12.1 Å². The van der Waals surface area contributed by atoms with Crippen molar-refractivity contribution >= 4 is 93.6 Å². The number of sulfonamides is 6. The highest BCUT2D eigenvalue weighted by Gasteiger charge is 2.49. The number of carbonyl (C=O) groups is 1. The van der Waals surface area contributed by atoms with Gasteiger partial charge in [0.2, 0.25) is 19.0 Å². The molecule has 6 heterocycles. The second kappa shape index (κ2) is 46.6. The van der Waals surface area contributed by atoms with Crippen LogP contribution >= 0.6 is 27.5 Å². The van der Waals surface area contributed by atoms with Crippen LogP contribution in [0.4, 0.5) is 79.0 Å². The van der Waals surface area contributed by atoms with Crippen molar-refractivity contribution in [3.63, 3.8) is 0 Å². The van der Waals surface area contributed by atoms with Crippen LogP contribution in [0.15, 0.2) is 162 Å². The van der Waals surface area contributed by atoms with E-state index >= 15 is 0 Å². The van der Waals surface area contributed by atoms with Crippen LogP contribution in [0.25, 0.3) is 12.4 Å². The highest BCUT2D eigenvalue weighted by Crippen LogP contribution is 2.39. The number of hydrogen-bond acceptors (Lipinski definition) is 18. The van der Waals surface area contributed by atoms with Crippen LogP contribution in [0.1, 0.15) is 55.3 Å². The lowest BCUT2D eigenvalue weighted by atomic mass is 10.2. The summed E-state index contributed by atoms with van der Waals surface area (Å²) in [6.07, 6.45) is 42.3. The smallest absolute Gasteiger partial charge is 0.421 e. The van der Waals surface area contributed by atoms with E-state index in [0.29, 0.717) is 17.2 Å². The van der Waals surface area contributed by atoms with Gasteiger partial charge in [-0.15, -0.1) is 32.9 Å². The van der Waals surface area contributed by atoms with Gasteiger partial charge in [0, 0.05) is 61.3 Å². The molecule has 0 bridgehead atoms. The number of H-pyrrole nitrogens is 1. The molecule has 2 atom stereocenters. The van der Waals surface area contributed by atoms with Gasteiger partial charge in [-0.25, -0.2) is 87.7 Å². The Kier molecular flexibility index (Phi) is 44.6. The molecule has 1 aromatic carbocycles. The number of benzene rings is 1. The predicted octanol–water partition coefficient (Wildman–Crippen LogP) is 11.7. The maximum atomic E-state index is 11.4. The minimum absolute atomic E-state index is 0.222. The first-order valence-corrected chi connectivity index (χ1v) is 38.7. The molecule has 0 spiro atoms. The van der Waals surface area contributed by atoms with Crippen LogP contribution in [0.3, 0.4) is 0 Å². The van der Waals surface area contributed by atoms with Gasteiger partial charge in [0.05, 0.1) is 76.6 Å². The number of imidazole rings is 4. The van der Waals surface area contributed by atoms with Crippen molar-refractivity contribution in [1.29, 1.82) is 0 Å². The largest absolute Gasteiger partial charge is 0.480 e. The summed E-state index contributed by atoms with van der Waals surface area (Å²) < 4.78 is 351. The van der Waals surface area contributed by atoms with Crippen molar-refractivity contribution in [3.05, 3.63) is 185 Å². The third kappa shape index (κ3) is 43.3. The number of nitrogens with one attached hydrogen (secondary N) is 1. The average molecular weight is 1780 g/mol. The van der Waals surface area contributed by atoms with Gasteiger partial charge in [-0.1, -0.05) is 64.0 Å². The highest BCUT2D eigenvalue weighted by molar-refractivity contribution is 9.09. The van der Waals surface area contributed by atoms with Crippen molar-refractivity contribution < 1.29 is 168 Å². The molecule has 2 N–H and O–H groups in total. The normalized spacial score (nSPS) is 14.4. The molecule has 612 valence electrons. The number of aromatic nitrogens is 8. The molecular formula is C53H67BrClF18N11O17S6. The third-order valence-electron chi connectivity index (χ3n) is 11.0. The fourth-order valence-electron chi connectivity index (χ4n) is 5.73. The molecule has 4 aromatic heterocycles. The van der Waals surface area contributed by atoms with Gasteiger partial charge in [0.1, 0.15) is 37.2 Å². The van der Waals surface area contributed by atoms with Crippen LogP contribution < -0.4 is 13.7 Å². The number of ether oxygens (including phenoxy) is 2. The number of carbonyl (C=O) groups excluding carboxylic acids is 1. The Bertz CT molecular complexity index is 3720. The van der Waals surface area contributed by atoms with E-state index in [1.807, 2.05) is 30.4 Å². The Hall–Kier alpha value is -6.80. The van der Waals surface area contributed by atoms with Crippen molar-refractivity contribution in [1.82, 2.24) is 23.7 Å². The fraction of sp³-hybridized carbons (Fsp3) is 0.453. The third-order valence-corrected chi connectivity index (χ3v) is 19.9. The Morgan fingerprint density at radius 1 is 0.542 bits per heavy atom. The highest BCUT2D eigenvalue weighted by atomic mass is 79.9. The maximum absolute atomic E-state index is 11.4. The van der Waals surface area contributed by atoms with Gasteiger partial charge < -0.3 is 26.8 Å². The first-order valence-electron chi connectivity index (χ1n) is 28.5. The second-order valence-electron chi connectivity index (χ2n) is 19.6. The summed E-state index contributed by atoms with van der Waals surface area (Å²) in [6, 6.07) is 6.11. The molecule has 7 rings (SSSR count). The zero-order chi connectivity index (χ0) is 83.2. The fourth-order valence-corrected chi connectivity index (χ4v) is 11.4. The number of halogens is 20. The minimum Gasteiger partial charge on any atom is -0.421 e. The van der Waals surface area contributed by atoms with Crippen molar-refractivity contribution in [2.24, 2.45) is 0 Å². The van der Waals surface area contributed by atoms with Crippen LogP contribution in [0.5, 0.6) is 0 Å². The maximum Gasteiger partial charge on any atom is 0.480 e. The van der Waals surface area contributed by atoms with Crippen molar-refractivity contribution in [2.45, 2.75) is 129 Å². The molecular weight excluding hydrogens is 1710 g/mol. The van der Waals surface area contributed by atoms with Crippen molar-refractivity contribution in [2.75, 3.05) is 18.5 Å². The van der Waals surface area contributed by atoms with Gasteiger partial charge >= 0.3 is 39.0 Å². The molecule has 2 unspecified atom stereocenters. The van der Waals surface area contributed by atoms with E-state index in [4.69, 9.17) is 26.3 Å². The molecule has 0 saturated carbocycles. The molecule has 0 radical (unpaired) electrons. The number of hydrogen-bond donors (Lipinski definition) is 2. The second-order valence-corrected chi connectivity index (χ2v) is 31.1. The molecule has 0 amide bonds. The Morgan fingerprint density at radius 2 is 0.860 bits per heavy atom. The first kappa shape index (κ1) is 102. The zero-order valence-electron chi connectivity index (χ0n) is 54.6. The molecule has 2 aliphatic rings. The first-order chi connectivity index (χ1) is 48.9. The summed E-state index contributed by atoms with van der Waals surface area (Å²) in [4.78, 5) is 20.5. The van der Waals surface area contributed by atoms with E-state index in [2.05, 4.69) is 147 Å². The summed E-state index contributed by atoms with van der Waals surface area (Å²) in [5, 5.41) is 9.45. The molecule has 107 heavy (non-hydrogen) atoms. The lowest BCUT2D eigenvalue weighted by Gasteiger charge is -2.22. The van der Waals surface area contributed by atoms with Gasteiger partial charge in [0.15, 0.2) is 60.1 Å². The molecule has 2 aliphatic heterocycles. The van der Waals surface area contributed by atoms with E-state index in [9.17, 15) is 134 Å². The Morgan fingerprint density at radius 3 is 1.10 bits per heavy atom. The van der Waals surface area contributed by atoms with E-state index < -0.39 is 99.2 Å². The lowest BCUT2D eigenvalue weighted by molar-refractivity contribution is -0.697.